The molecule has 7 nitrogen and oxygen atoms in total. The molecule has 7 heteroatoms. The number of carboxylic acid groups (broad SMARTS) is 1. The van der Waals surface area contributed by atoms with Crippen molar-refractivity contribution in [3.63, 3.8) is 0 Å². The van der Waals surface area contributed by atoms with E-state index in [9.17, 15) is 14.4 Å². The summed E-state index contributed by atoms with van der Waals surface area (Å²) in [7, 11) is 0. The van der Waals surface area contributed by atoms with Crippen LogP contribution in [-0.2, 0) is 14.3 Å². The molecule has 0 saturated heterocycles. The largest absolute Gasteiger partial charge is 0.480 e. The molecule has 2 aromatic carbocycles. The van der Waals surface area contributed by atoms with Crippen LogP contribution in [0.2, 0.25) is 0 Å². The Morgan fingerprint density at radius 2 is 1.59 bits per heavy atom. The molecule has 0 bridgehead atoms. The molecule has 182 valence electrons. The summed E-state index contributed by atoms with van der Waals surface area (Å²) in [5.74, 6) is -1.19. The third-order valence-electron chi connectivity index (χ3n) is 6.20. The second-order valence-electron chi connectivity index (χ2n) is 9.27. The van der Waals surface area contributed by atoms with E-state index in [4.69, 9.17) is 9.84 Å². The zero-order valence-electron chi connectivity index (χ0n) is 20.0. The van der Waals surface area contributed by atoms with Gasteiger partial charge in [0, 0.05) is 18.9 Å². The fourth-order valence-electron chi connectivity index (χ4n) is 4.64. The molecule has 1 aliphatic rings. The molecule has 0 heterocycles. The number of hydrogen-bond donors (Lipinski definition) is 3. The van der Waals surface area contributed by atoms with Gasteiger partial charge in [-0.1, -0.05) is 69.3 Å². The lowest BCUT2D eigenvalue weighted by atomic mass is 9.93. The van der Waals surface area contributed by atoms with E-state index in [0.29, 0.717) is 12.3 Å². The van der Waals surface area contributed by atoms with E-state index < -0.39 is 18.1 Å². The lowest BCUT2D eigenvalue weighted by molar-refractivity contribution is -0.142. The van der Waals surface area contributed by atoms with Gasteiger partial charge in [-0.15, -0.1) is 0 Å². The molecule has 1 aliphatic carbocycles. The average Bonchev–Trinajstić information content (AvgIpc) is 3.13. The number of alkyl carbamates (subject to hydrolysis) is 1. The van der Waals surface area contributed by atoms with Crippen LogP contribution in [0.1, 0.15) is 57.1 Å². The quantitative estimate of drug-likeness (QED) is 0.450. The van der Waals surface area contributed by atoms with Gasteiger partial charge in [-0.25, -0.2) is 9.59 Å². The van der Waals surface area contributed by atoms with Gasteiger partial charge in [-0.05, 0) is 46.9 Å². The predicted molar refractivity (Wildman–Crippen MR) is 130 cm³/mol. The van der Waals surface area contributed by atoms with Gasteiger partial charge in [0.25, 0.3) is 0 Å². The van der Waals surface area contributed by atoms with Crippen LogP contribution in [0.3, 0.4) is 0 Å². The van der Waals surface area contributed by atoms with Gasteiger partial charge in [0.05, 0.1) is 0 Å². The summed E-state index contributed by atoms with van der Waals surface area (Å²) >= 11 is 0. The van der Waals surface area contributed by atoms with E-state index in [1.165, 1.54) is 11.1 Å². The fraction of sp³-hybridized carbons (Fsp3) is 0.444. The van der Waals surface area contributed by atoms with E-state index in [0.717, 1.165) is 17.5 Å². The first-order valence-electron chi connectivity index (χ1n) is 11.9. The third-order valence-corrected chi connectivity index (χ3v) is 6.20. The number of rotatable bonds is 11. The normalized spacial score (nSPS) is 14.1. The van der Waals surface area contributed by atoms with Gasteiger partial charge in [0.1, 0.15) is 12.6 Å². The summed E-state index contributed by atoms with van der Waals surface area (Å²) in [5.41, 5.74) is 4.63. The maximum Gasteiger partial charge on any atom is 0.407 e. The van der Waals surface area contributed by atoms with Crippen LogP contribution in [0, 0.1) is 11.8 Å². The first-order chi connectivity index (χ1) is 16.3. The van der Waals surface area contributed by atoms with Gasteiger partial charge in [-0.3, -0.25) is 4.79 Å². The fourth-order valence-corrected chi connectivity index (χ4v) is 4.64. The monoisotopic (exact) mass is 466 g/mol. The standard InChI is InChI=1S/C27H34N2O5/c1-4-24(26(31)32)29-25(30)14-18(13-17(2)3)15-28-27(33)34-16-23-21-11-7-5-9-19(21)20-10-6-8-12-22(20)23/h5-12,17-18,23-24H,4,13-16H2,1-3H3,(H,28,33)(H,29,30)(H,31,32)/t18?,24-/m0/s1. The minimum absolute atomic E-state index is 0.0163. The van der Waals surface area contributed by atoms with E-state index in [1.807, 2.05) is 38.1 Å². The van der Waals surface area contributed by atoms with Crippen molar-refractivity contribution >= 4 is 18.0 Å². The van der Waals surface area contributed by atoms with Crippen LogP contribution in [0.15, 0.2) is 48.5 Å². The number of ether oxygens (including phenoxy) is 1. The molecule has 1 unspecified atom stereocenters. The van der Waals surface area contributed by atoms with Crippen LogP contribution in [0.4, 0.5) is 4.79 Å². The summed E-state index contributed by atoms with van der Waals surface area (Å²) in [6, 6.07) is 15.4. The van der Waals surface area contributed by atoms with Crippen LogP contribution < -0.4 is 10.6 Å². The number of carbonyl (C=O) groups excluding carboxylic acids is 2. The lowest BCUT2D eigenvalue weighted by Crippen LogP contribution is -2.42. The lowest BCUT2D eigenvalue weighted by Gasteiger charge is -2.21. The van der Waals surface area contributed by atoms with Gasteiger partial charge in [0.15, 0.2) is 0 Å². The Kier molecular flexibility index (Phi) is 8.68. The number of fused-ring (bicyclic) bond motifs is 3. The molecular weight excluding hydrogens is 432 g/mol. The van der Waals surface area contributed by atoms with E-state index in [1.54, 1.807) is 6.92 Å². The maximum atomic E-state index is 12.5. The number of amides is 2. The molecule has 0 aliphatic heterocycles. The highest BCUT2D eigenvalue weighted by molar-refractivity contribution is 5.83. The third kappa shape index (κ3) is 6.37. The predicted octanol–water partition coefficient (Wildman–Crippen LogP) is 4.56. The highest BCUT2D eigenvalue weighted by Crippen LogP contribution is 2.44. The Bertz CT molecular complexity index is 974. The van der Waals surface area contributed by atoms with Crippen molar-refractivity contribution in [2.24, 2.45) is 11.8 Å². The van der Waals surface area contributed by atoms with Crippen LogP contribution >= 0.6 is 0 Å². The number of carbonyl (C=O) groups is 3. The molecule has 2 aromatic rings. The van der Waals surface area contributed by atoms with Crippen molar-refractivity contribution < 1.29 is 24.2 Å². The van der Waals surface area contributed by atoms with Crippen LogP contribution in [0.5, 0.6) is 0 Å². The highest BCUT2D eigenvalue weighted by Gasteiger charge is 2.29. The highest BCUT2D eigenvalue weighted by atomic mass is 16.5. The topological polar surface area (TPSA) is 105 Å². The van der Waals surface area contributed by atoms with Gasteiger partial charge < -0.3 is 20.5 Å². The minimum Gasteiger partial charge on any atom is -0.480 e. The maximum absolute atomic E-state index is 12.5. The van der Waals surface area contributed by atoms with E-state index >= 15 is 0 Å². The van der Waals surface area contributed by atoms with Crippen LogP contribution in [-0.4, -0.2) is 42.3 Å². The number of benzene rings is 2. The van der Waals surface area contributed by atoms with Crippen LogP contribution in [0.25, 0.3) is 11.1 Å². The first kappa shape index (κ1) is 25.3. The Morgan fingerprint density at radius 3 is 2.12 bits per heavy atom. The van der Waals surface area contributed by atoms with E-state index in [-0.39, 0.29) is 37.3 Å². The smallest absolute Gasteiger partial charge is 0.407 e. The molecule has 0 aromatic heterocycles. The van der Waals surface area contributed by atoms with Crippen molar-refractivity contribution in [1.82, 2.24) is 10.6 Å². The van der Waals surface area contributed by atoms with Crippen molar-refractivity contribution in [2.45, 2.75) is 52.0 Å². The molecule has 0 radical (unpaired) electrons. The summed E-state index contributed by atoms with van der Waals surface area (Å²) in [6.45, 7) is 6.32. The zero-order valence-corrected chi connectivity index (χ0v) is 20.0. The second kappa shape index (κ2) is 11.7. The number of aliphatic carboxylic acids is 1. The summed E-state index contributed by atoms with van der Waals surface area (Å²) in [4.78, 5) is 36.1. The molecule has 34 heavy (non-hydrogen) atoms. The molecule has 2 atom stereocenters. The minimum atomic E-state index is -1.05. The molecule has 2 amide bonds. The number of nitrogens with one attached hydrogen (secondary N) is 2. The van der Waals surface area contributed by atoms with Gasteiger partial charge in [0.2, 0.25) is 5.91 Å². The Morgan fingerprint density at radius 1 is 1.00 bits per heavy atom. The summed E-state index contributed by atoms with van der Waals surface area (Å²) in [6.07, 6.45) is 0.661. The number of carboxylic acids is 1. The second-order valence-corrected chi connectivity index (χ2v) is 9.27. The molecule has 0 saturated carbocycles. The zero-order chi connectivity index (χ0) is 24.7. The average molecular weight is 467 g/mol. The number of hydrogen-bond acceptors (Lipinski definition) is 4. The Hall–Kier alpha value is -3.35. The Balaban J connectivity index is 1.55. The van der Waals surface area contributed by atoms with Crippen molar-refractivity contribution in [3.8, 4) is 11.1 Å². The molecule has 3 rings (SSSR count). The molecule has 0 spiro atoms. The molecular formula is C27H34N2O5. The van der Waals surface area contributed by atoms with Gasteiger partial charge in [-0.2, -0.15) is 0 Å². The SMILES string of the molecule is CC[C@H](NC(=O)CC(CNC(=O)OCC1c2ccccc2-c2ccccc21)CC(C)C)C(=O)O. The van der Waals surface area contributed by atoms with Gasteiger partial charge >= 0.3 is 12.1 Å². The van der Waals surface area contributed by atoms with Crippen molar-refractivity contribution in [3.05, 3.63) is 59.7 Å². The summed E-state index contributed by atoms with van der Waals surface area (Å²) in [5, 5.41) is 14.5. The molecule has 3 N–H and O–H groups in total. The first-order valence-corrected chi connectivity index (χ1v) is 11.9. The Labute approximate surface area is 200 Å². The van der Waals surface area contributed by atoms with Crippen molar-refractivity contribution in [2.75, 3.05) is 13.2 Å². The molecule has 0 fully saturated rings. The van der Waals surface area contributed by atoms with Crippen molar-refractivity contribution in [1.29, 1.82) is 0 Å². The summed E-state index contributed by atoms with van der Waals surface area (Å²) < 4.78 is 5.59. The van der Waals surface area contributed by atoms with E-state index in [2.05, 4.69) is 34.9 Å².